The molecule has 1 atom stereocenters. The number of hydrogen-bond acceptors (Lipinski definition) is 1. The molecule has 0 bridgehead atoms. The summed E-state index contributed by atoms with van der Waals surface area (Å²) in [5, 5.41) is 0. The van der Waals surface area contributed by atoms with Crippen molar-refractivity contribution in [3.8, 4) is 0 Å². The van der Waals surface area contributed by atoms with E-state index in [0.29, 0.717) is 0 Å². The van der Waals surface area contributed by atoms with Gasteiger partial charge in [0.15, 0.2) is 0 Å². The Kier molecular flexibility index (Phi) is 6.65. The summed E-state index contributed by atoms with van der Waals surface area (Å²) in [4.78, 5) is 0. The summed E-state index contributed by atoms with van der Waals surface area (Å²) in [6.07, 6.45) is 3.54. The first-order chi connectivity index (χ1) is 5.84. The van der Waals surface area contributed by atoms with Crippen molar-refractivity contribution >= 4 is 12.4 Å². The van der Waals surface area contributed by atoms with E-state index in [2.05, 4.69) is 19.1 Å². The Labute approximate surface area is 86.7 Å². The lowest BCUT2D eigenvalue weighted by atomic mass is 10.0. The lowest BCUT2D eigenvalue weighted by Crippen LogP contribution is -2.09. The molecule has 2 heteroatoms. The predicted octanol–water partition coefficient (Wildman–Crippen LogP) is 3.30. The second-order valence-electron chi connectivity index (χ2n) is 3.16. The van der Waals surface area contributed by atoms with E-state index in [-0.39, 0.29) is 18.4 Å². The van der Waals surface area contributed by atoms with Crippen LogP contribution in [0.25, 0.3) is 0 Å². The number of nitrogens with two attached hydrogens (primary N) is 1. The minimum Gasteiger partial charge on any atom is -0.324 e. The Morgan fingerprint density at radius 1 is 1.23 bits per heavy atom. The van der Waals surface area contributed by atoms with E-state index >= 15 is 0 Å². The van der Waals surface area contributed by atoms with Crippen molar-refractivity contribution < 1.29 is 0 Å². The van der Waals surface area contributed by atoms with Gasteiger partial charge in [-0.3, -0.25) is 0 Å². The smallest absolute Gasteiger partial charge is 0.0294 e. The van der Waals surface area contributed by atoms with Gasteiger partial charge in [-0.1, -0.05) is 50.1 Å². The van der Waals surface area contributed by atoms with Gasteiger partial charge in [0, 0.05) is 6.04 Å². The van der Waals surface area contributed by atoms with E-state index in [1.54, 1.807) is 0 Å². The SMILES string of the molecule is CCCCC(N)c1ccccc1.Cl. The Hall–Kier alpha value is -0.530. The van der Waals surface area contributed by atoms with Crippen LogP contribution >= 0.6 is 12.4 Å². The molecule has 0 aliphatic rings. The van der Waals surface area contributed by atoms with Gasteiger partial charge >= 0.3 is 0 Å². The summed E-state index contributed by atoms with van der Waals surface area (Å²) in [7, 11) is 0. The fraction of sp³-hybridized carbons (Fsp3) is 0.455. The lowest BCUT2D eigenvalue weighted by molar-refractivity contribution is 0.603. The molecule has 0 radical (unpaired) electrons. The summed E-state index contributed by atoms with van der Waals surface area (Å²) in [5.74, 6) is 0. The highest BCUT2D eigenvalue weighted by Crippen LogP contribution is 2.15. The van der Waals surface area contributed by atoms with Crippen LogP contribution in [-0.2, 0) is 0 Å². The first-order valence-corrected chi connectivity index (χ1v) is 4.65. The van der Waals surface area contributed by atoms with Crippen LogP contribution < -0.4 is 5.73 Å². The highest BCUT2D eigenvalue weighted by atomic mass is 35.5. The van der Waals surface area contributed by atoms with E-state index in [1.807, 2.05) is 18.2 Å². The molecule has 1 rings (SSSR count). The summed E-state index contributed by atoms with van der Waals surface area (Å²) >= 11 is 0. The van der Waals surface area contributed by atoms with Crippen LogP contribution in [0.3, 0.4) is 0 Å². The number of rotatable bonds is 4. The van der Waals surface area contributed by atoms with E-state index in [1.165, 1.54) is 18.4 Å². The molecule has 74 valence electrons. The molecule has 1 unspecified atom stereocenters. The first-order valence-electron chi connectivity index (χ1n) is 4.65. The zero-order valence-corrected chi connectivity index (χ0v) is 8.89. The monoisotopic (exact) mass is 199 g/mol. The average molecular weight is 200 g/mol. The van der Waals surface area contributed by atoms with Crippen LogP contribution in [0, 0.1) is 0 Å². The van der Waals surface area contributed by atoms with Crippen molar-refractivity contribution in [3.05, 3.63) is 35.9 Å². The van der Waals surface area contributed by atoms with Gasteiger partial charge < -0.3 is 5.73 Å². The summed E-state index contributed by atoms with van der Waals surface area (Å²) in [5.41, 5.74) is 7.24. The van der Waals surface area contributed by atoms with Gasteiger partial charge in [0.1, 0.15) is 0 Å². The van der Waals surface area contributed by atoms with Crippen LogP contribution in [-0.4, -0.2) is 0 Å². The van der Waals surface area contributed by atoms with Crippen LogP contribution in [0.1, 0.15) is 37.8 Å². The molecule has 0 amide bonds. The molecule has 0 aliphatic heterocycles. The van der Waals surface area contributed by atoms with E-state index in [4.69, 9.17) is 5.73 Å². The van der Waals surface area contributed by atoms with Crippen molar-refractivity contribution in [2.75, 3.05) is 0 Å². The van der Waals surface area contributed by atoms with Crippen LogP contribution in [0.5, 0.6) is 0 Å². The molecular weight excluding hydrogens is 182 g/mol. The largest absolute Gasteiger partial charge is 0.324 e. The van der Waals surface area contributed by atoms with Gasteiger partial charge in [0.05, 0.1) is 0 Å². The predicted molar refractivity (Wildman–Crippen MR) is 60.1 cm³/mol. The number of benzene rings is 1. The molecule has 1 nitrogen and oxygen atoms in total. The molecule has 1 aromatic rings. The Morgan fingerprint density at radius 2 is 1.85 bits per heavy atom. The van der Waals surface area contributed by atoms with Crippen LogP contribution in [0.15, 0.2) is 30.3 Å². The Bertz CT molecular complexity index is 211. The van der Waals surface area contributed by atoms with Crippen molar-refractivity contribution in [3.63, 3.8) is 0 Å². The van der Waals surface area contributed by atoms with Crippen LogP contribution in [0.4, 0.5) is 0 Å². The third-order valence-electron chi connectivity index (χ3n) is 2.10. The molecule has 2 N–H and O–H groups in total. The van der Waals surface area contributed by atoms with Gasteiger partial charge in [-0.05, 0) is 12.0 Å². The summed E-state index contributed by atoms with van der Waals surface area (Å²) < 4.78 is 0. The molecule has 13 heavy (non-hydrogen) atoms. The highest BCUT2D eigenvalue weighted by Gasteiger charge is 2.02. The molecule has 0 aromatic heterocycles. The zero-order chi connectivity index (χ0) is 8.81. The number of hydrogen-bond donors (Lipinski definition) is 1. The molecule has 0 heterocycles. The topological polar surface area (TPSA) is 26.0 Å². The van der Waals surface area contributed by atoms with E-state index in [9.17, 15) is 0 Å². The molecule has 0 fully saturated rings. The molecular formula is C11H18ClN. The van der Waals surface area contributed by atoms with Crippen molar-refractivity contribution in [2.24, 2.45) is 5.73 Å². The average Bonchev–Trinajstić information content (AvgIpc) is 2.15. The van der Waals surface area contributed by atoms with E-state index in [0.717, 1.165) is 6.42 Å². The third kappa shape index (κ3) is 4.30. The second-order valence-corrected chi connectivity index (χ2v) is 3.16. The van der Waals surface area contributed by atoms with E-state index < -0.39 is 0 Å². The normalized spacial score (nSPS) is 11.8. The molecule has 1 aromatic carbocycles. The lowest BCUT2D eigenvalue weighted by Gasteiger charge is -2.10. The third-order valence-corrected chi connectivity index (χ3v) is 2.10. The molecule has 0 aliphatic carbocycles. The number of halogens is 1. The summed E-state index contributed by atoms with van der Waals surface area (Å²) in [6.45, 7) is 2.19. The van der Waals surface area contributed by atoms with Gasteiger partial charge in [-0.15, -0.1) is 12.4 Å². The maximum Gasteiger partial charge on any atom is 0.0294 e. The first kappa shape index (κ1) is 12.5. The Morgan fingerprint density at radius 3 is 2.38 bits per heavy atom. The van der Waals surface area contributed by atoms with Crippen LogP contribution in [0.2, 0.25) is 0 Å². The van der Waals surface area contributed by atoms with Gasteiger partial charge in [-0.2, -0.15) is 0 Å². The maximum absolute atomic E-state index is 5.98. The van der Waals surface area contributed by atoms with Crippen molar-refractivity contribution in [1.29, 1.82) is 0 Å². The molecule has 0 saturated carbocycles. The minimum atomic E-state index is 0. The summed E-state index contributed by atoms with van der Waals surface area (Å²) in [6, 6.07) is 10.5. The quantitative estimate of drug-likeness (QED) is 0.792. The maximum atomic E-state index is 5.98. The molecule has 0 saturated heterocycles. The second kappa shape index (κ2) is 6.93. The van der Waals surface area contributed by atoms with Gasteiger partial charge in [0.2, 0.25) is 0 Å². The van der Waals surface area contributed by atoms with Gasteiger partial charge in [0.25, 0.3) is 0 Å². The Balaban J connectivity index is 0.00000144. The minimum absolute atomic E-state index is 0. The standard InChI is InChI=1S/C11H17N.ClH/c1-2-3-9-11(12)10-7-5-4-6-8-10;/h4-8,11H,2-3,9,12H2,1H3;1H. The highest BCUT2D eigenvalue weighted by molar-refractivity contribution is 5.85. The zero-order valence-electron chi connectivity index (χ0n) is 8.07. The van der Waals surface area contributed by atoms with Gasteiger partial charge in [-0.25, -0.2) is 0 Å². The fourth-order valence-corrected chi connectivity index (χ4v) is 1.29. The fourth-order valence-electron chi connectivity index (χ4n) is 1.29. The van der Waals surface area contributed by atoms with Crippen molar-refractivity contribution in [2.45, 2.75) is 32.2 Å². The molecule has 0 spiro atoms. The van der Waals surface area contributed by atoms with Crippen molar-refractivity contribution in [1.82, 2.24) is 0 Å². The number of unbranched alkanes of at least 4 members (excludes halogenated alkanes) is 1.